The largest absolute Gasteiger partial charge is 0.383 e. The lowest BCUT2D eigenvalue weighted by Gasteiger charge is -2.31. The molecule has 106 valence electrons. The Labute approximate surface area is 118 Å². The molecule has 1 saturated carbocycles. The number of rotatable bonds is 7. The highest BCUT2D eigenvalue weighted by Gasteiger charge is 2.33. The van der Waals surface area contributed by atoms with Crippen molar-refractivity contribution < 1.29 is 9.13 Å². The van der Waals surface area contributed by atoms with Crippen molar-refractivity contribution >= 4 is 11.6 Å². The molecule has 1 atom stereocenters. The lowest BCUT2D eigenvalue weighted by atomic mass is 10.0. The third-order valence-electron chi connectivity index (χ3n) is 3.52. The predicted octanol–water partition coefficient (Wildman–Crippen LogP) is 2.59. The second-order valence-corrected chi connectivity index (χ2v) is 5.29. The van der Waals surface area contributed by atoms with Gasteiger partial charge in [-0.2, -0.15) is 0 Å². The van der Waals surface area contributed by atoms with Gasteiger partial charge < -0.3 is 10.5 Å². The predicted molar refractivity (Wildman–Crippen MR) is 74.8 cm³/mol. The molecular weight excluding hydrogens is 267 g/mol. The summed E-state index contributed by atoms with van der Waals surface area (Å²) < 4.78 is 18.4. The van der Waals surface area contributed by atoms with E-state index in [1.54, 1.807) is 19.2 Å². The summed E-state index contributed by atoms with van der Waals surface area (Å²) in [4.78, 5) is 2.34. The van der Waals surface area contributed by atoms with Gasteiger partial charge in [0.1, 0.15) is 5.82 Å². The minimum atomic E-state index is -0.393. The first-order valence-corrected chi connectivity index (χ1v) is 6.95. The van der Waals surface area contributed by atoms with Gasteiger partial charge in [0.15, 0.2) is 0 Å². The van der Waals surface area contributed by atoms with Crippen molar-refractivity contribution in [3.05, 3.63) is 34.6 Å². The molecule has 5 heteroatoms. The molecule has 0 spiro atoms. The van der Waals surface area contributed by atoms with Crippen molar-refractivity contribution in [3.8, 4) is 0 Å². The van der Waals surface area contributed by atoms with Gasteiger partial charge in [0.2, 0.25) is 0 Å². The van der Waals surface area contributed by atoms with E-state index >= 15 is 0 Å². The molecule has 1 fully saturated rings. The molecule has 1 aliphatic rings. The van der Waals surface area contributed by atoms with Gasteiger partial charge >= 0.3 is 0 Å². The number of nitrogens with two attached hydrogens (primary N) is 1. The molecule has 0 aliphatic heterocycles. The van der Waals surface area contributed by atoms with E-state index in [1.807, 2.05) is 0 Å². The summed E-state index contributed by atoms with van der Waals surface area (Å²) in [6.07, 6.45) is 2.38. The molecule has 0 radical (unpaired) electrons. The van der Waals surface area contributed by atoms with Crippen molar-refractivity contribution in [1.82, 2.24) is 4.90 Å². The number of halogens is 2. The third kappa shape index (κ3) is 3.66. The van der Waals surface area contributed by atoms with E-state index in [1.165, 1.54) is 18.9 Å². The Morgan fingerprint density at radius 2 is 2.26 bits per heavy atom. The Hall–Kier alpha value is -0.680. The highest BCUT2D eigenvalue weighted by atomic mass is 35.5. The molecule has 0 bridgehead atoms. The molecule has 0 amide bonds. The molecule has 3 nitrogen and oxygen atoms in total. The molecule has 1 unspecified atom stereocenters. The van der Waals surface area contributed by atoms with Gasteiger partial charge in [-0.3, -0.25) is 4.90 Å². The van der Waals surface area contributed by atoms with Crippen molar-refractivity contribution in [3.63, 3.8) is 0 Å². The van der Waals surface area contributed by atoms with Gasteiger partial charge in [-0.1, -0.05) is 17.7 Å². The maximum absolute atomic E-state index is 13.2. The summed E-state index contributed by atoms with van der Waals surface area (Å²) in [5.74, 6) is -0.393. The van der Waals surface area contributed by atoms with E-state index in [2.05, 4.69) is 4.90 Å². The summed E-state index contributed by atoms with van der Waals surface area (Å²) in [5, 5.41) is 0.151. The van der Waals surface area contributed by atoms with Gasteiger partial charge in [-0.15, -0.1) is 0 Å². The lowest BCUT2D eigenvalue weighted by molar-refractivity contribution is 0.115. The van der Waals surface area contributed by atoms with Crippen LogP contribution in [0, 0.1) is 5.82 Å². The normalized spacial score (nSPS) is 16.9. The van der Waals surface area contributed by atoms with Crippen LogP contribution in [0.5, 0.6) is 0 Å². The van der Waals surface area contributed by atoms with E-state index in [0.717, 1.165) is 12.1 Å². The molecule has 0 heterocycles. The summed E-state index contributed by atoms with van der Waals surface area (Å²) in [7, 11) is 1.69. The van der Waals surface area contributed by atoms with Crippen LogP contribution in [-0.4, -0.2) is 37.7 Å². The summed E-state index contributed by atoms with van der Waals surface area (Å²) in [6.45, 7) is 1.99. The van der Waals surface area contributed by atoms with Crippen molar-refractivity contribution in [2.24, 2.45) is 5.73 Å². The molecular formula is C14H20ClFN2O. The number of hydrogen-bond acceptors (Lipinski definition) is 3. The standard InChI is InChI=1S/C14H20ClFN2O/c1-19-7-6-18(11-3-4-11)14(9-17)10-2-5-13(16)12(15)8-10/h2,5,8,11,14H,3-4,6-7,9,17H2,1H3. The SMILES string of the molecule is COCCN(C1CC1)C(CN)c1ccc(F)c(Cl)c1. The maximum Gasteiger partial charge on any atom is 0.141 e. The Bertz CT molecular complexity index is 426. The zero-order valence-electron chi connectivity index (χ0n) is 11.1. The van der Waals surface area contributed by atoms with E-state index in [4.69, 9.17) is 22.1 Å². The van der Waals surface area contributed by atoms with Gasteiger partial charge in [-0.05, 0) is 30.5 Å². The highest BCUT2D eigenvalue weighted by Crippen LogP contribution is 2.34. The van der Waals surface area contributed by atoms with Crippen LogP contribution in [0.4, 0.5) is 4.39 Å². The molecule has 1 aliphatic carbocycles. The maximum atomic E-state index is 13.2. The Morgan fingerprint density at radius 3 is 2.79 bits per heavy atom. The molecule has 1 aromatic carbocycles. The van der Waals surface area contributed by atoms with E-state index in [-0.39, 0.29) is 11.1 Å². The molecule has 19 heavy (non-hydrogen) atoms. The monoisotopic (exact) mass is 286 g/mol. The van der Waals surface area contributed by atoms with E-state index in [9.17, 15) is 4.39 Å². The highest BCUT2D eigenvalue weighted by molar-refractivity contribution is 6.30. The quantitative estimate of drug-likeness (QED) is 0.837. The minimum Gasteiger partial charge on any atom is -0.383 e. The zero-order valence-corrected chi connectivity index (χ0v) is 11.9. The van der Waals surface area contributed by atoms with Gasteiger partial charge in [0.05, 0.1) is 11.6 Å². The fourth-order valence-corrected chi connectivity index (χ4v) is 2.57. The summed E-state index contributed by atoms with van der Waals surface area (Å²) >= 11 is 5.86. The fourth-order valence-electron chi connectivity index (χ4n) is 2.38. The van der Waals surface area contributed by atoms with Gasteiger partial charge in [-0.25, -0.2) is 4.39 Å². The van der Waals surface area contributed by atoms with Crippen molar-refractivity contribution in [2.75, 3.05) is 26.8 Å². The Balaban J connectivity index is 2.17. The van der Waals surface area contributed by atoms with Crippen LogP contribution in [0.2, 0.25) is 5.02 Å². The Kier molecular flexibility index (Phi) is 5.16. The van der Waals surface area contributed by atoms with Crippen LogP contribution in [0.1, 0.15) is 24.4 Å². The van der Waals surface area contributed by atoms with Crippen LogP contribution in [0.25, 0.3) is 0 Å². The fraction of sp³-hybridized carbons (Fsp3) is 0.571. The first-order valence-electron chi connectivity index (χ1n) is 6.57. The van der Waals surface area contributed by atoms with E-state index < -0.39 is 5.82 Å². The molecule has 0 saturated heterocycles. The topological polar surface area (TPSA) is 38.5 Å². The second kappa shape index (κ2) is 6.66. The van der Waals surface area contributed by atoms with Crippen LogP contribution in [-0.2, 0) is 4.74 Å². The summed E-state index contributed by atoms with van der Waals surface area (Å²) in [5.41, 5.74) is 6.88. The van der Waals surface area contributed by atoms with Crippen molar-refractivity contribution in [1.29, 1.82) is 0 Å². The zero-order chi connectivity index (χ0) is 13.8. The average molecular weight is 287 g/mol. The second-order valence-electron chi connectivity index (χ2n) is 4.89. The number of nitrogens with zero attached hydrogens (tertiary/aromatic N) is 1. The van der Waals surface area contributed by atoms with Crippen LogP contribution in [0.15, 0.2) is 18.2 Å². The summed E-state index contributed by atoms with van der Waals surface area (Å²) in [6, 6.07) is 5.48. The molecule has 2 rings (SSSR count). The van der Waals surface area contributed by atoms with Crippen LogP contribution >= 0.6 is 11.6 Å². The molecule has 0 aromatic heterocycles. The van der Waals surface area contributed by atoms with Gasteiger partial charge in [0.25, 0.3) is 0 Å². The molecule has 2 N–H and O–H groups in total. The first-order chi connectivity index (χ1) is 9.17. The minimum absolute atomic E-state index is 0.0701. The number of benzene rings is 1. The van der Waals surface area contributed by atoms with Crippen LogP contribution < -0.4 is 5.73 Å². The van der Waals surface area contributed by atoms with E-state index in [0.29, 0.717) is 19.2 Å². The Morgan fingerprint density at radius 1 is 1.53 bits per heavy atom. The number of hydrogen-bond donors (Lipinski definition) is 1. The van der Waals surface area contributed by atoms with Crippen LogP contribution in [0.3, 0.4) is 0 Å². The van der Waals surface area contributed by atoms with Gasteiger partial charge in [0, 0.05) is 32.3 Å². The van der Waals surface area contributed by atoms with Crippen molar-refractivity contribution in [2.45, 2.75) is 24.9 Å². The number of methoxy groups -OCH3 is 1. The smallest absolute Gasteiger partial charge is 0.141 e. The number of ether oxygens (including phenoxy) is 1. The average Bonchev–Trinajstić information content (AvgIpc) is 3.22. The first kappa shape index (κ1) is 14.7. The lowest BCUT2D eigenvalue weighted by Crippen LogP contribution is -2.37. The molecule has 1 aromatic rings. The third-order valence-corrected chi connectivity index (χ3v) is 3.81.